The van der Waals surface area contributed by atoms with Crippen molar-refractivity contribution in [2.45, 2.75) is 24.5 Å². The van der Waals surface area contributed by atoms with Crippen molar-refractivity contribution in [1.82, 2.24) is 0 Å². The highest BCUT2D eigenvalue weighted by Gasteiger charge is 2.62. The number of para-hydroxylation sites is 1. The van der Waals surface area contributed by atoms with Crippen LogP contribution in [0.1, 0.15) is 11.6 Å². The van der Waals surface area contributed by atoms with E-state index in [9.17, 15) is 35.1 Å². The van der Waals surface area contributed by atoms with Gasteiger partial charge in [0.2, 0.25) is 0 Å². The zero-order chi connectivity index (χ0) is 15.8. The number of ether oxygens (including phenoxy) is 1. The Labute approximate surface area is 119 Å². The molecule has 0 bridgehead atoms. The van der Waals surface area contributed by atoms with Crippen LogP contribution in [0.4, 0.5) is 35.1 Å². The summed E-state index contributed by atoms with van der Waals surface area (Å²) in [6.45, 7) is 0. The second-order valence-corrected chi connectivity index (χ2v) is 3.68. The fraction of sp³-hybridized carbons (Fsp3) is 0.400. The van der Waals surface area contributed by atoms with E-state index < -0.39 is 35.8 Å². The lowest BCUT2D eigenvalue weighted by atomic mass is 10.00. The topological polar surface area (TPSA) is 35.2 Å². The highest BCUT2D eigenvalue weighted by molar-refractivity contribution is 5.85. The highest BCUT2D eigenvalue weighted by atomic mass is 35.5. The van der Waals surface area contributed by atoms with Crippen LogP contribution in [0.15, 0.2) is 24.3 Å². The fourth-order valence-electron chi connectivity index (χ4n) is 1.33. The summed E-state index contributed by atoms with van der Waals surface area (Å²) in [5.41, 5.74) is 3.66. The lowest BCUT2D eigenvalue weighted by molar-refractivity contribution is -0.292. The minimum Gasteiger partial charge on any atom is -0.405 e. The molecule has 1 aromatic rings. The SMILES string of the molecule is Cl.N[C@@H](c1ccccc1OC(F)(F)F)C(F)(F)C(F)(F)F. The smallest absolute Gasteiger partial charge is 0.405 e. The summed E-state index contributed by atoms with van der Waals surface area (Å²) in [5, 5.41) is 0. The molecule has 0 fully saturated rings. The summed E-state index contributed by atoms with van der Waals surface area (Å²) < 4.78 is 102. The summed E-state index contributed by atoms with van der Waals surface area (Å²) >= 11 is 0. The third-order valence-electron chi connectivity index (χ3n) is 2.25. The maximum Gasteiger partial charge on any atom is 0.573 e. The van der Waals surface area contributed by atoms with Gasteiger partial charge in [-0.1, -0.05) is 18.2 Å². The van der Waals surface area contributed by atoms with Crippen LogP contribution in [0, 0.1) is 0 Å². The molecule has 1 rings (SSSR count). The first-order chi connectivity index (χ1) is 8.86. The number of alkyl halides is 8. The largest absolute Gasteiger partial charge is 0.573 e. The molecule has 2 nitrogen and oxygen atoms in total. The molecular formula is C10H8ClF8NO. The second-order valence-electron chi connectivity index (χ2n) is 3.68. The summed E-state index contributed by atoms with van der Waals surface area (Å²) in [7, 11) is 0. The van der Waals surface area contributed by atoms with Crippen molar-refractivity contribution >= 4 is 12.4 Å². The molecule has 122 valence electrons. The van der Waals surface area contributed by atoms with Gasteiger partial charge >= 0.3 is 18.5 Å². The minimum atomic E-state index is -6.00. The molecule has 0 radical (unpaired) electrons. The van der Waals surface area contributed by atoms with Crippen molar-refractivity contribution in [3.63, 3.8) is 0 Å². The molecule has 0 unspecified atom stereocenters. The zero-order valence-electron chi connectivity index (χ0n) is 9.80. The summed E-state index contributed by atoms with van der Waals surface area (Å²) in [5.74, 6) is -6.62. The summed E-state index contributed by atoms with van der Waals surface area (Å²) in [4.78, 5) is 0. The molecule has 1 atom stereocenters. The van der Waals surface area contributed by atoms with E-state index >= 15 is 0 Å². The first-order valence-electron chi connectivity index (χ1n) is 4.91. The van der Waals surface area contributed by atoms with Crippen molar-refractivity contribution in [3.05, 3.63) is 29.8 Å². The van der Waals surface area contributed by atoms with E-state index in [4.69, 9.17) is 5.73 Å². The van der Waals surface area contributed by atoms with Gasteiger partial charge in [0, 0.05) is 5.56 Å². The van der Waals surface area contributed by atoms with Crippen LogP contribution in [0.3, 0.4) is 0 Å². The fourth-order valence-corrected chi connectivity index (χ4v) is 1.33. The van der Waals surface area contributed by atoms with Crippen LogP contribution in [-0.4, -0.2) is 18.5 Å². The normalized spacial score (nSPS) is 14.3. The second kappa shape index (κ2) is 6.22. The Morgan fingerprint density at radius 3 is 1.81 bits per heavy atom. The van der Waals surface area contributed by atoms with Gasteiger partial charge in [-0.2, -0.15) is 22.0 Å². The van der Waals surface area contributed by atoms with E-state index in [2.05, 4.69) is 4.74 Å². The van der Waals surface area contributed by atoms with Crippen LogP contribution in [0.25, 0.3) is 0 Å². The third-order valence-corrected chi connectivity index (χ3v) is 2.25. The highest BCUT2D eigenvalue weighted by Crippen LogP contribution is 2.45. The van der Waals surface area contributed by atoms with Gasteiger partial charge in [0.25, 0.3) is 0 Å². The van der Waals surface area contributed by atoms with E-state index in [-0.39, 0.29) is 12.4 Å². The summed E-state index contributed by atoms with van der Waals surface area (Å²) in [6.07, 6.45) is -11.2. The van der Waals surface area contributed by atoms with Gasteiger partial charge in [-0.15, -0.1) is 25.6 Å². The molecule has 0 aliphatic carbocycles. The Kier molecular flexibility index (Phi) is 5.84. The van der Waals surface area contributed by atoms with Crippen LogP contribution in [0.5, 0.6) is 5.75 Å². The van der Waals surface area contributed by atoms with Crippen LogP contribution >= 0.6 is 12.4 Å². The molecule has 0 saturated heterocycles. The number of nitrogens with two attached hydrogens (primary N) is 1. The van der Waals surface area contributed by atoms with Gasteiger partial charge in [-0.05, 0) is 6.07 Å². The van der Waals surface area contributed by atoms with Crippen molar-refractivity contribution in [1.29, 1.82) is 0 Å². The molecule has 0 aliphatic heterocycles. The number of hydrogen-bond donors (Lipinski definition) is 1. The minimum absolute atomic E-state index is 0. The predicted molar refractivity (Wildman–Crippen MR) is 58.3 cm³/mol. The average molecular weight is 346 g/mol. The molecule has 0 spiro atoms. The van der Waals surface area contributed by atoms with Crippen LogP contribution in [0.2, 0.25) is 0 Å². The molecule has 0 heterocycles. The van der Waals surface area contributed by atoms with E-state index in [1.54, 1.807) is 0 Å². The monoisotopic (exact) mass is 345 g/mol. The summed E-state index contributed by atoms with van der Waals surface area (Å²) in [6, 6.07) is 0.107. The molecular weight excluding hydrogens is 338 g/mol. The van der Waals surface area contributed by atoms with Crippen LogP contribution in [-0.2, 0) is 0 Å². The van der Waals surface area contributed by atoms with E-state index in [0.717, 1.165) is 12.1 Å². The number of halogens is 9. The van der Waals surface area contributed by atoms with E-state index in [1.807, 2.05) is 0 Å². The molecule has 11 heteroatoms. The zero-order valence-corrected chi connectivity index (χ0v) is 10.6. The Balaban J connectivity index is 0.00000400. The van der Waals surface area contributed by atoms with Crippen molar-refractivity contribution in [2.24, 2.45) is 5.73 Å². The predicted octanol–water partition coefficient (Wildman–Crippen LogP) is 4.20. The molecule has 0 amide bonds. The number of hydrogen-bond acceptors (Lipinski definition) is 2. The maximum absolute atomic E-state index is 13.0. The Bertz CT molecular complexity index is 473. The van der Waals surface area contributed by atoms with E-state index in [0.29, 0.717) is 12.1 Å². The van der Waals surface area contributed by atoms with Gasteiger partial charge in [-0.3, -0.25) is 0 Å². The Morgan fingerprint density at radius 1 is 0.905 bits per heavy atom. The molecule has 2 N–H and O–H groups in total. The van der Waals surface area contributed by atoms with Gasteiger partial charge < -0.3 is 10.5 Å². The molecule has 0 aromatic heterocycles. The molecule has 21 heavy (non-hydrogen) atoms. The lowest BCUT2D eigenvalue weighted by Crippen LogP contribution is -2.46. The standard InChI is InChI=1S/C10H7F8NO.ClH/c11-8(12,9(13,14)15)7(19)5-3-1-2-4-6(5)20-10(16,17)18;/h1-4,7H,19H2;1H/t7-;/m0./s1. The van der Waals surface area contributed by atoms with Crippen molar-refractivity contribution < 1.29 is 39.9 Å². The van der Waals surface area contributed by atoms with E-state index in [1.165, 1.54) is 0 Å². The van der Waals surface area contributed by atoms with Crippen molar-refractivity contribution in [2.75, 3.05) is 0 Å². The number of benzene rings is 1. The first-order valence-corrected chi connectivity index (χ1v) is 4.91. The van der Waals surface area contributed by atoms with Gasteiger partial charge in [0.15, 0.2) is 0 Å². The molecule has 0 saturated carbocycles. The average Bonchev–Trinajstić information content (AvgIpc) is 2.25. The Morgan fingerprint density at radius 2 is 1.38 bits per heavy atom. The van der Waals surface area contributed by atoms with Crippen molar-refractivity contribution in [3.8, 4) is 5.75 Å². The Hall–Kier alpha value is -1.29. The van der Waals surface area contributed by atoms with Gasteiger partial charge in [0.05, 0.1) is 0 Å². The van der Waals surface area contributed by atoms with Gasteiger partial charge in [-0.25, -0.2) is 0 Å². The third kappa shape index (κ3) is 4.60. The quantitative estimate of drug-likeness (QED) is 0.833. The first kappa shape index (κ1) is 19.7. The lowest BCUT2D eigenvalue weighted by Gasteiger charge is -2.27. The number of rotatable bonds is 3. The van der Waals surface area contributed by atoms with Gasteiger partial charge in [0.1, 0.15) is 11.8 Å². The maximum atomic E-state index is 13.0. The molecule has 0 aliphatic rings. The van der Waals surface area contributed by atoms with Crippen LogP contribution < -0.4 is 10.5 Å². The molecule has 1 aromatic carbocycles.